The molecule has 30 heavy (non-hydrogen) atoms. The van der Waals surface area contributed by atoms with Crippen LogP contribution in [0.5, 0.6) is 0 Å². The van der Waals surface area contributed by atoms with Crippen LogP contribution in [0.1, 0.15) is 46.8 Å². The van der Waals surface area contributed by atoms with E-state index in [1.807, 2.05) is 6.07 Å². The zero-order valence-corrected chi connectivity index (χ0v) is 17.8. The normalized spacial score (nSPS) is 16.0. The zero-order valence-electron chi connectivity index (χ0n) is 17.0. The molecule has 2 aromatic rings. The highest BCUT2D eigenvalue weighted by Gasteiger charge is 2.24. The van der Waals surface area contributed by atoms with Gasteiger partial charge in [0.1, 0.15) is 5.69 Å². The maximum Gasteiger partial charge on any atom is 0.293 e. The third-order valence-corrected chi connectivity index (χ3v) is 5.91. The summed E-state index contributed by atoms with van der Waals surface area (Å²) in [6.45, 7) is 5.94. The van der Waals surface area contributed by atoms with Crippen LogP contribution in [0, 0.1) is 16.0 Å². The van der Waals surface area contributed by atoms with Gasteiger partial charge in [0.15, 0.2) is 0 Å². The Morgan fingerprint density at radius 1 is 1.17 bits per heavy atom. The van der Waals surface area contributed by atoms with E-state index in [2.05, 4.69) is 34.6 Å². The fourth-order valence-corrected chi connectivity index (χ4v) is 4.07. The predicted octanol–water partition coefficient (Wildman–Crippen LogP) is 3.79. The van der Waals surface area contributed by atoms with Gasteiger partial charge in [-0.1, -0.05) is 25.1 Å². The third kappa shape index (κ3) is 4.74. The highest BCUT2D eigenvalue weighted by Crippen LogP contribution is 2.32. The minimum absolute atomic E-state index is 0. The van der Waals surface area contributed by atoms with E-state index in [0.717, 1.165) is 44.6 Å². The van der Waals surface area contributed by atoms with Crippen LogP contribution in [0.15, 0.2) is 36.4 Å². The standard InChI is InChI=1S/C22H26N4O3.ClH/c1-15-6-8-25(9-7-15)20-5-4-17(11-21(20)26(28)29)22(27)24-12-16-2-3-18-13-23-14-19(18)10-16;/h2-5,10-11,15,23H,6-9,12-14H2,1H3,(H,24,27);1H. The number of amides is 1. The molecule has 0 aromatic heterocycles. The van der Waals surface area contributed by atoms with Crippen LogP contribution in [0.3, 0.4) is 0 Å². The van der Waals surface area contributed by atoms with Gasteiger partial charge >= 0.3 is 0 Å². The molecule has 0 atom stereocenters. The van der Waals surface area contributed by atoms with Crippen molar-refractivity contribution < 1.29 is 9.72 Å². The maximum atomic E-state index is 12.6. The Morgan fingerprint density at radius 2 is 1.90 bits per heavy atom. The van der Waals surface area contributed by atoms with Crippen LogP contribution in [0.4, 0.5) is 11.4 Å². The molecule has 1 saturated heterocycles. The highest BCUT2D eigenvalue weighted by atomic mass is 35.5. The Labute approximate surface area is 182 Å². The van der Waals surface area contributed by atoms with Crippen LogP contribution in [-0.4, -0.2) is 23.9 Å². The van der Waals surface area contributed by atoms with Crippen molar-refractivity contribution in [1.29, 1.82) is 0 Å². The molecule has 8 heteroatoms. The SMILES string of the molecule is CC1CCN(c2ccc(C(=O)NCc3ccc4c(c3)CNC4)cc2[N+](=O)[O-])CC1.Cl. The first-order valence-corrected chi connectivity index (χ1v) is 10.1. The summed E-state index contributed by atoms with van der Waals surface area (Å²) >= 11 is 0. The predicted molar refractivity (Wildman–Crippen MR) is 119 cm³/mol. The van der Waals surface area contributed by atoms with Gasteiger partial charge in [-0.05, 0) is 47.6 Å². The van der Waals surface area contributed by atoms with Crippen molar-refractivity contribution in [3.63, 3.8) is 0 Å². The molecule has 0 unspecified atom stereocenters. The fourth-order valence-electron chi connectivity index (χ4n) is 4.07. The molecule has 2 aromatic carbocycles. The van der Waals surface area contributed by atoms with Crippen LogP contribution in [-0.2, 0) is 19.6 Å². The lowest BCUT2D eigenvalue weighted by atomic mass is 9.98. The number of benzene rings is 2. The van der Waals surface area contributed by atoms with Gasteiger partial charge in [-0.3, -0.25) is 14.9 Å². The van der Waals surface area contributed by atoms with E-state index in [1.54, 1.807) is 12.1 Å². The van der Waals surface area contributed by atoms with Crippen LogP contribution >= 0.6 is 12.4 Å². The monoisotopic (exact) mass is 430 g/mol. The summed E-state index contributed by atoms with van der Waals surface area (Å²) in [6.07, 6.45) is 2.05. The van der Waals surface area contributed by atoms with Crippen molar-refractivity contribution in [3.05, 3.63) is 68.8 Å². The number of nitro groups is 1. The molecule has 2 N–H and O–H groups in total. The first kappa shape index (κ1) is 22.1. The van der Waals surface area contributed by atoms with Crippen molar-refractivity contribution >= 4 is 29.7 Å². The smallest absolute Gasteiger partial charge is 0.293 e. The number of rotatable bonds is 5. The number of carbonyl (C=O) groups is 1. The topological polar surface area (TPSA) is 87.5 Å². The van der Waals surface area contributed by atoms with E-state index in [0.29, 0.717) is 23.7 Å². The van der Waals surface area contributed by atoms with E-state index < -0.39 is 4.92 Å². The molecule has 0 bridgehead atoms. The van der Waals surface area contributed by atoms with E-state index in [-0.39, 0.29) is 24.0 Å². The molecule has 2 aliphatic heterocycles. The zero-order chi connectivity index (χ0) is 20.4. The number of piperidine rings is 1. The molecule has 7 nitrogen and oxygen atoms in total. The number of halogens is 1. The molecular weight excluding hydrogens is 404 g/mol. The third-order valence-electron chi connectivity index (χ3n) is 5.91. The summed E-state index contributed by atoms with van der Waals surface area (Å²) in [7, 11) is 0. The largest absolute Gasteiger partial charge is 0.366 e. The number of hydrogen-bond acceptors (Lipinski definition) is 5. The molecule has 4 rings (SSSR count). The molecule has 0 radical (unpaired) electrons. The number of nitro benzene ring substituents is 1. The number of hydrogen-bond donors (Lipinski definition) is 2. The van der Waals surface area contributed by atoms with Gasteiger partial charge in [0.05, 0.1) is 4.92 Å². The molecule has 2 aliphatic rings. The lowest BCUT2D eigenvalue weighted by Crippen LogP contribution is -2.33. The Hall–Kier alpha value is -2.64. The maximum absolute atomic E-state index is 12.6. The Bertz CT molecular complexity index is 942. The van der Waals surface area contributed by atoms with E-state index in [4.69, 9.17) is 0 Å². The Kier molecular flexibility index (Phi) is 6.95. The minimum atomic E-state index is -0.391. The second-order valence-electron chi connectivity index (χ2n) is 8.02. The Morgan fingerprint density at radius 3 is 2.63 bits per heavy atom. The second kappa shape index (κ2) is 9.45. The number of carbonyl (C=O) groups excluding carboxylic acids is 1. The average Bonchev–Trinajstić information content (AvgIpc) is 3.20. The van der Waals surface area contributed by atoms with Gasteiger partial charge in [0.25, 0.3) is 11.6 Å². The number of fused-ring (bicyclic) bond motifs is 1. The summed E-state index contributed by atoms with van der Waals surface area (Å²) in [6, 6.07) is 11.0. The molecule has 0 spiro atoms. The van der Waals surface area contributed by atoms with Crippen molar-refractivity contribution in [2.75, 3.05) is 18.0 Å². The van der Waals surface area contributed by atoms with Gasteiger partial charge in [0, 0.05) is 44.4 Å². The molecular formula is C22H27ClN4O3. The first-order valence-electron chi connectivity index (χ1n) is 10.1. The molecule has 2 heterocycles. The summed E-state index contributed by atoms with van der Waals surface area (Å²) in [5.41, 5.74) is 4.48. The lowest BCUT2D eigenvalue weighted by Gasteiger charge is -2.31. The lowest BCUT2D eigenvalue weighted by molar-refractivity contribution is -0.384. The average molecular weight is 431 g/mol. The summed E-state index contributed by atoms with van der Waals surface area (Å²) in [4.78, 5) is 25.9. The fraction of sp³-hybridized carbons (Fsp3) is 0.409. The van der Waals surface area contributed by atoms with Crippen molar-refractivity contribution in [1.82, 2.24) is 10.6 Å². The number of nitrogens with one attached hydrogen (secondary N) is 2. The van der Waals surface area contributed by atoms with Gasteiger partial charge in [-0.15, -0.1) is 12.4 Å². The second-order valence-corrected chi connectivity index (χ2v) is 8.02. The van der Waals surface area contributed by atoms with Crippen molar-refractivity contribution in [3.8, 4) is 0 Å². The quantitative estimate of drug-likeness (QED) is 0.556. The number of anilines is 1. The molecule has 0 aliphatic carbocycles. The van der Waals surface area contributed by atoms with Crippen LogP contribution < -0.4 is 15.5 Å². The summed E-state index contributed by atoms with van der Waals surface area (Å²) < 4.78 is 0. The molecule has 1 fully saturated rings. The van der Waals surface area contributed by atoms with E-state index in [1.165, 1.54) is 17.2 Å². The van der Waals surface area contributed by atoms with E-state index >= 15 is 0 Å². The van der Waals surface area contributed by atoms with Gasteiger partial charge in [-0.25, -0.2) is 0 Å². The molecule has 0 saturated carbocycles. The van der Waals surface area contributed by atoms with Gasteiger partial charge < -0.3 is 15.5 Å². The van der Waals surface area contributed by atoms with Crippen molar-refractivity contribution in [2.24, 2.45) is 5.92 Å². The molecule has 160 valence electrons. The van der Waals surface area contributed by atoms with E-state index in [9.17, 15) is 14.9 Å². The summed E-state index contributed by atoms with van der Waals surface area (Å²) in [5, 5.41) is 17.8. The molecule has 1 amide bonds. The van der Waals surface area contributed by atoms with Crippen LogP contribution in [0.2, 0.25) is 0 Å². The number of nitrogens with zero attached hydrogens (tertiary/aromatic N) is 2. The van der Waals surface area contributed by atoms with Gasteiger partial charge in [0.2, 0.25) is 0 Å². The summed E-state index contributed by atoms with van der Waals surface area (Å²) in [5.74, 6) is 0.343. The minimum Gasteiger partial charge on any atom is -0.366 e. The Balaban J connectivity index is 0.00000256. The van der Waals surface area contributed by atoms with Gasteiger partial charge in [-0.2, -0.15) is 0 Å². The van der Waals surface area contributed by atoms with Crippen molar-refractivity contribution in [2.45, 2.75) is 39.4 Å². The highest BCUT2D eigenvalue weighted by molar-refractivity contribution is 5.95. The van der Waals surface area contributed by atoms with Crippen LogP contribution in [0.25, 0.3) is 0 Å². The first-order chi connectivity index (χ1) is 14.0.